The molecular formula is C41H57NO14Si. The first-order chi connectivity index (χ1) is 26.8. The minimum atomic E-state index is -2.36. The zero-order chi connectivity index (χ0) is 41.3. The Balaban J connectivity index is 1.26. The van der Waals surface area contributed by atoms with Crippen molar-refractivity contribution in [3.63, 3.8) is 0 Å². The number of ether oxygens (including phenoxy) is 9. The average molecular weight is 816 g/mol. The van der Waals surface area contributed by atoms with E-state index in [9.17, 15) is 19.7 Å². The molecule has 0 unspecified atom stereocenters. The lowest BCUT2D eigenvalue weighted by molar-refractivity contribution is -0.388. The number of carbonyl (C=O) groups excluding carboxylic acids is 2. The summed E-state index contributed by atoms with van der Waals surface area (Å²) in [7, 11) is -2.36. The first-order valence-electron chi connectivity index (χ1n) is 19.7. The number of rotatable bonds is 13. The molecule has 0 N–H and O–H groups in total. The highest BCUT2D eigenvalue weighted by molar-refractivity contribution is 6.74. The molecule has 0 aliphatic carbocycles. The molecule has 57 heavy (non-hydrogen) atoms. The fourth-order valence-electron chi connectivity index (χ4n) is 6.88. The molecule has 4 fully saturated rings. The Morgan fingerprint density at radius 2 is 1.54 bits per heavy atom. The molecule has 16 heteroatoms. The lowest BCUT2D eigenvalue weighted by atomic mass is 9.94. The van der Waals surface area contributed by atoms with Crippen LogP contribution in [-0.4, -0.2) is 100.0 Å². The van der Waals surface area contributed by atoms with Crippen molar-refractivity contribution in [3.05, 3.63) is 75.8 Å². The van der Waals surface area contributed by atoms with Crippen LogP contribution in [0.2, 0.25) is 18.1 Å². The third-order valence-electron chi connectivity index (χ3n) is 11.2. The van der Waals surface area contributed by atoms with Gasteiger partial charge in [0.05, 0.1) is 23.0 Å². The molecule has 11 atom stereocenters. The molecule has 0 saturated carbocycles. The number of hydrogen-bond donors (Lipinski definition) is 0. The maximum absolute atomic E-state index is 13.7. The molecule has 0 radical (unpaired) electrons. The smallest absolute Gasteiger partial charge is 0.454 e. The Hall–Kier alpha value is -3.48. The minimum absolute atomic E-state index is 0.0368. The quantitative estimate of drug-likeness (QED) is 0.0656. The number of carbonyl (C=O) groups is 2. The summed E-state index contributed by atoms with van der Waals surface area (Å²) in [6.45, 7) is 18.1. The fraction of sp³-hybridized carbons (Fsp3) is 0.659. The van der Waals surface area contributed by atoms with Crippen molar-refractivity contribution >= 4 is 26.1 Å². The Morgan fingerprint density at radius 3 is 2.19 bits per heavy atom. The van der Waals surface area contributed by atoms with Gasteiger partial charge in [0.25, 0.3) is 5.69 Å². The number of nitrogens with zero attached hydrogens (tertiary/aromatic N) is 1. The average Bonchev–Trinajstić information content (AvgIpc) is 3.55. The van der Waals surface area contributed by atoms with Crippen molar-refractivity contribution in [2.75, 3.05) is 13.2 Å². The van der Waals surface area contributed by atoms with Crippen molar-refractivity contribution in [2.24, 2.45) is 5.41 Å². The van der Waals surface area contributed by atoms with Gasteiger partial charge in [0.2, 0.25) is 0 Å². The van der Waals surface area contributed by atoms with Gasteiger partial charge in [-0.05, 0) is 70.7 Å². The van der Waals surface area contributed by atoms with E-state index in [-0.39, 0.29) is 23.9 Å². The SMILES string of the molecule is C[C@@H]1O[C@@H](O[C@H]2[C@H]3O[C@@H](c4ccccc4)OC[C@H]3O[C@@H](OCCCCc3ccc([N+](=O)[O-])cc3)[C@@H]2OC(=O)C(C)(C)C)[C@@H]2OC(=O)O[C@@H]2[C@H]1O[Si](C)(C)C(C)(C)C. The van der Waals surface area contributed by atoms with Crippen molar-refractivity contribution in [2.45, 2.75) is 154 Å². The van der Waals surface area contributed by atoms with E-state index in [1.165, 1.54) is 12.1 Å². The van der Waals surface area contributed by atoms with Crippen LogP contribution in [0.15, 0.2) is 54.6 Å². The molecule has 4 aliphatic heterocycles. The zero-order valence-corrected chi connectivity index (χ0v) is 35.2. The second-order valence-electron chi connectivity index (χ2n) is 17.7. The van der Waals surface area contributed by atoms with Gasteiger partial charge in [-0.25, -0.2) is 4.79 Å². The van der Waals surface area contributed by atoms with Crippen LogP contribution in [0.3, 0.4) is 0 Å². The van der Waals surface area contributed by atoms with Gasteiger partial charge in [-0.15, -0.1) is 0 Å². The van der Waals surface area contributed by atoms with Crippen LogP contribution in [0.1, 0.15) is 78.7 Å². The largest absolute Gasteiger partial charge is 0.509 e. The number of non-ortho nitro benzene ring substituents is 1. The van der Waals surface area contributed by atoms with Crippen LogP contribution in [0.4, 0.5) is 10.5 Å². The van der Waals surface area contributed by atoms with Crippen LogP contribution in [0, 0.1) is 15.5 Å². The Labute approximate surface area is 335 Å². The summed E-state index contributed by atoms with van der Waals surface area (Å²) in [6, 6.07) is 15.9. The van der Waals surface area contributed by atoms with E-state index in [0.717, 1.165) is 11.1 Å². The summed E-state index contributed by atoms with van der Waals surface area (Å²) in [5.41, 5.74) is 0.871. The van der Waals surface area contributed by atoms with Crippen LogP contribution in [0.5, 0.6) is 0 Å². The van der Waals surface area contributed by atoms with Gasteiger partial charge in [-0.1, -0.05) is 63.2 Å². The summed E-state index contributed by atoms with van der Waals surface area (Å²) >= 11 is 0. The highest BCUT2D eigenvalue weighted by Gasteiger charge is 2.60. The molecular weight excluding hydrogens is 759 g/mol. The van der Waals surface area contributed by atoms with E-state index in [0.29, 0.717) is 19.3 Å². The molecule has 2 aromatic carbocycles. The topological polar surface area (TPSA) is 170 Å². The lowest BCUT2D eigenvalue weighted by Crippen LogP contribution is -2.67. The summed E-state index contributed by atoms with van der Waals surface area (Å²) in [5.74, 6) is -0.518. The van der Waals surface area contributed by atoms with E-state index < -0.39 is 98.5 Å². The van der Waals surface area contributed by atoms with Gasteiger partial charge < -0.3 is 47.1 Å². The third kappa shape index (κ3) is 10.0. The van der Waals surface area contributed by atoms with Crippen LogP contribution in [-0.2, 0) is 58.3 Å². The standard InChI is InChI=1S/C41H57NO14Si/c1-24-29(56-57(8,9)41(5,6)7)31-34(55-39(44)54-31)37(49-24)52-32-30-28(23-48-35(51-30)26-16-11-10-12-17-26)50-36(33(32)53-38(43)40(2,3)4)47-22-14-13-15-25-18-20-27(21-19-25)42(45)46/h10-12,16-21,24,28-37H,13-15,22-23H2,1-9H3/t24-,28+,29-,30-,31+,32-,33+,34+,35-,36+,37-/m0/s1. The van der Waals surface area contributed by atoms with Gasteiger partial charge in [0.15, 0.2) is 45.5 Å². The molecule has 15 nitrogen and oxygen atoms in total. The Morgan fingerprint density at radius 1 is 0.860 bits per heavy atom. The van der Waals surface area contributed by atoms with Gasteiger partial charge in [0, 0.05) is 24.3 Å². The lowest BCUT2D eigenvalue weighted by Gasteiger charge is -2.51. The Bertz CT molecular complexity index is 1700. The van der Waals surface area contributed by atoms with E-state index in [1.807, 2.05) is 37.3 Å². The number of aryl methyl sites for hydroxylation is 1. The highest BCUT2D eigenvalue weighted by Crippen LogP contribution is 2.43. The van der Waals surface area contributed by atoms with Gasteiger partial charge in [-0.2, -0.15) is 0 Å². The first-order valence-corrected chi connectivity index (χ1v) is 22.6. The van der Waals surface area contributed by atoms with E-state index in [4.69, 9.17) is 47.1 Å². The van der Waals surface area contributed by atoms with Crippen molar-refractivity contribution in [1.82, 2.24) is 0 Å². The number of nitro groups is 1. The van der Waals surface area contributed by atoms with Crippen molar-refractivity contribution in [3.8, 4) is 0 Å². The van der Waals surface area contributed by atoms with Crippen LogP contribution in [0.25, 0.3) is 0 Å². The summed E-state index contributed by atoms with van der Waals surface area (Å²) in [6.07, 6.45) is -8.72. The molecule has 6 rings (SSSR count). The van der Waals surface area contributed by atoms with Crippen molar-refractivity contribution in [1.29, 1.82) is 0 Å². The summed E-state index contributed by atoms with van der Waals surface area (Å²) in [4.78, 5) is 37.1. The van der Waals surface area contributed by atoms with Gasteiger partial charge in [-0.3, -0.25) is 14.9 Å². The predicted molar refractivity (Wildman–Crippen MR) is 206 cm³/mol. The highest BCUT2D eigenvalue weighted by atomic mass is 28.4. The number of nitro benzene ring substituents is 1. The summed E-state index contributed by atoms with van der Waals surface area (Å²) in [5, 5.41) is 10.9. The second kappa shape index (κ2) is 17.4. The molecule has 0 bridgehead atoms. The van der Waals surface area contributed by atoms with Crippen LogP contribution < -0.4 is 0 Å². The molecule has 2 aromatic rings. The number of hydrogen-bond acceptors (Lipinski definition) is 14. The molecule has 4 saturated heterocycles. The van der Waals surface area contributed by atoms with Gasteiger partial charge >= 0.3 is 12.1 Å². The van der Waals surface area contributed by atoms with Gasteiger partial charge in [0.1, 0.15) is 24.4 Å². The number of unbranched alkanes of at least 4 members (excludes halogenated alkanes) is 1. The molecule has 314 valence electrons. The predicted octanol–water partition coefficient (Wildman–Crippen LogP) is 7.16. The first kappa shape index (κ1) is 43.1. The Kier molecular flexibility index (Phi) is 13.2. The van der Waals surface area contributed by atoms with Crippen molar-refractivity contribution < 1.29 is 61.6 Å². The number of esters is 1. The number of fused-ring (bicyclic) bond motifs is 2. The minimum Gasteiger partial charge on any atom is -0.454 e. The molecule has 4 heterocycles. The molecule has 0 aromatic heterocycles. The number of benzene rings is 2. The summed E-state index contributed by atoms with van der Waals surface area (Å²) < 4.78 is 63.4. The maximum atomic E-state index is 13.7. The van der Waals surface area contributed by atoms with E-state index in [2.05, 4.69) is 33.9 Å². The molecule has 0 spiro atoms. The van der Waals surface area contributed by atoms with E-state index in [1.54, 1.807) is 32.9 Å². The monoisotopic (exact) mass is 815 g/mol. The molecule has 4 aliphatic rings. The second-order valence-corrected chi connectivity index (χ2v) is 22.4. The zero-order valence-electron chi connectivity index (χ0n) is 34.2. The normalized spacial score (nSPS) is 31.7. The maximum Gasteiger partial charge on any atom is 0.509 e. The molecule has 0 amide bonds. The third-order valence-corrected chi connectivity index (χ3v) is 15.7. The fourth-order valence-corrected chi connectivity index (χ4v) is 8.24. The van der Waals surface area contributed by atoms with Crippen LogP contribution >= 0.6 is 0 Å². The van der Waals surface area contributed by atoms with E-state index >= 15 is 0 Å².